The number of carbonyl (C=O) groups excluding carboxylic acids is 2. The molecule has 0 bridgehead atoms. The maximum absolute atomic E-state index is 12.6. The second kappa shape index (κ2) is 9.39. The van der Waals surface area contributed by atoms with E-state index in [1.807, 2.05) is 30.3 Å². The van der Waals surface area contributed by atoms with Crippen LogP contribution in [-0.2, 0) is 9.59 Å². The lowest BCUT2D eigenvalue weighted by molar-refractivity contribution is -0.143. The number of benzene rings is 2. The fourth-order valence-electron chi connectivity index (χ4n) is 4.14. The number of rotatable bonds is 3. The zero-order valence-corrected chi connectivity index (χ0v) is 18.4. The molecule has 2 heterocycles. The van der Waals surface area contributed by atoms with Gasteiger partial charge in [-0.15, -0.1) is 0 Å². The molecule has 0 saturated carbocycles. The van der Waals surface area contributed by atoms with Crippen LogP contribution in [0.5, 0.6) is 0 Å². The van der Waals surface area contributed by atoms with Crippen LogP contribution in [-0.4, -0.2) is 81.0 Å². The molecule has 2 aliphatic rings. The second-order valence-corrected chi connectivity index (χ2v) is 8.41. The summed E-state index contributed by atoms with van der Waals surface area (Å²) in [4.78, 5) is 33.7. The van der Waals surface area contributed by atoms with Crippen molar-refractivity contribution in [1.82, 2.24) is 9.80 Å². The van der Waals surface area contributed by atoms with Gasteiger partial charge in [0.15, 0.2) is 0 Å². The summed E-state index contributed by atoms with van der Waals surface area (Å²) in [6.45, 7) is 8.69. The zero-order valence-electron chi connectivity index (χ0n) is 18.4. The maximum atomic E-state index is 12.6. The molecule has 1 N–H and O–H groups in total. The van der Waals surface area contributed by atoms with E-state index >= 15 is 0 Å². The van der Waals surface area contributed by atoms with Crippen LogP contribution in [0.25, 0.3) is 0 Å². The van der Waals surface area contributed by atoms with Crippen molar-refractivity contribution in [2.45, 2.75) is 6.92 Å². The van der Waals surface area contributed by atoms with Crippen LogP contribution in [0.4, 0.5) is 17.1 Å². The first kappa shape index (κ1) is 21.2. The number of nitrogens with one attached hydrogen (secondary N) is 1. The molecule has 164 valence electrons. The Morgan fingerprint density at radius 3 is 2.03 bits per heavy atom. The van der Waals surface area contributed by atoms with Crippen molar-refractivity contribution < 1.29 is 9.59 Å². The molecule has 31 heavy (non-hydrogen) atoms. The number of carbonyl (C=O) groups is 2. The third kappa shape index (κ3) is 5.17. The van der Waals surface area contributed by atoms with E-state index in [0.29, 0.717) is 18.8 Å². The molecule has 2 aromatic rings. The minimum atomic E-state index is -0.573. The van der Waals surface area contributed by atoms with Gasteiger partial charge in [-0.3, -0.25) is 9.59 Å². The van der Waals surface area contributed by atoms with Crippen LogP contribution in [0.15, 0.2) is 48.5 Å². The smallest absolute Gasteiger partial charge is 0.313 e. The lowest BCUT2D eigenvalue weighted by Crippen LogP contribution is -2.51. The number of hydrogen-bond acceptors (Lipinski definition) is 5. The van der Waals surface area contributed by atoms with Crippen LogP contribution in [0.3, 0.4) is 0 Å². The lowest BCUT2D eigenvalue weighted by atomic mass is 10.2. The molecule has 2 fully saturated rings. The van der Waals surface area contributed by atoms with Gasteiger partial charge in [0, 0.05) is 69.4 Å². The van der Waals surface area contributed by atoms with E-state index in [4.69, 9.17) is 0 Å². The van der Waals surface area contributed by atoms with E-state index in [2.05, 4.69) is 52.2 Å². The summed E-state index contributed by atoms with van der Waals surface area (Å²) in [5.41, 5.74) is 4.17. The molecule has 0 aromatic heterocycles. The van der Waals surface area contributed by atoms with Gasteiger partial charge in [-0.05, 0) is 55.9 Å². The van der Waals surface area contributed by atoms with Crippen molar-refractivity contribution in [3.63, 3.8) is 0 Å². The maximum Gasteiger partial charge on any atom is 0.313 e. The molecular weight excluding hydrogens is 390 g/mol. The molecule has 2 saturated heterocycles. The van der Waals surface area contributed by atoms with Gasteiger partial charge in [-0.1, -0.05) is 12.1 Å². The van der Waals surface area contributed by atoms with Crippen LogP contribution in [0.2, 0.25) is 0 Å². The third-order valence-electron chi connectivity index (χ3n) is 6.12. The zero-order chi connectivity index (χ0) is 21.8. The summed E-state index contributed by atoms with van der Waals surface area (Å²) in [7, 11) is 2.13. The Morgan fingerprint density at radius 1 is 0.774 bits per heavy atom. The van der Waals surface area contributed by atoms with Crippen LogP contribution in [0, 0.1) is 6.92 Å². The van der Waals surface area contributed by atoms with Gasteiger partial charge in [0.25, 0.3) is 0 Å². The molecular formula is C24H31N5O2. The molecule has 2 amide bonds. The Hall–Kier alpha value is -3.06. The minimum absolute atomic E-state index is 0.466. The fraction of sp³-hybridized carbons (Fsp3) is 0.417. The summed E-state index contributed by atoms with van der Waals surface area (Å²) in [6.07, 6.45) is 0. The minimum Gasteiger partial charge on any atom is -0.369 e. The predicted octanol–water partition coefficient (Wildman–Crippen LogP) is 2.03. The van der Waals surface area contributed by atoms with E-state index in [1.165, 1.54) is 5.56 Å². The highest BCUT2D eigenvalue weighted by Gasteiger charge is 2.26. The molecule has 2 aliphatic heterocycles. The lowest BCUT2D eigenvalue weighted by Gasteiger charge is -2.35. The molecule has 7 heteroatoms. The molecule has 0 aliphatic carbocycles. The Bertz CT molecular complexity index is 914. The van der Waals surface area contributed by atoms with Crippen LogP contribution >= 0.6 is 0 Å². The number of hydrogen-bond donors (Lipinski definition) is 1. The number of amides is 2. The fourth-order valence-corrected chi connectivity index (χ4v) is 4.14. The van der Waals surface area contributed by atoms with Gasteiger partial charge >= 0.3 is 11.8 Å². The molecule has 7 nitrogen and oxygen atoms in total. The molecule has 2 aromatic carbocycles. The van der Waals surface area contributed by atoms with E-state index in [1.54, 1.807) is 4.90 Å². The highest BCUT2D eigenvalue weighted by molar-refractivity contribution is 6.39. The molecule has 0 radical (unpaired) electrons. The van der Waals surface area contributed by atoms with E-state index in [0.717, 1.165) is 50.6 Å². The predicted molar refractivity (Wildman–Crippen MR) is 125 cm³/mol. The van der Waals surface area contributed by atoms with Crippen molar-refractivity contribution >= 4 is 28.9 Å². The van der Waals surface area contributed by atoms with Gasteiger partial charge in [0.1, 0.15) is 0 Å². The van der Waals surface area contributed by atoms with Crippen LogP contribution < -0.4 is 15.1 Å². The topological polar surface area (TPSA) is 59.1 Å². The van der Waals surface area contributed by atoms with Crippen molar-refractivity contribution in [3.8, 4) is 0 Å². The average molecular weight is 422 g/mol. The molecule has 0 atom stereocenters. The van der Waals surface area contributed by atoms with E-state index in [9.17, 15) is 9.59 Å². The number of piperazine rings is 2. The highest BCUT2D eigenvalue weighted by atomic mass is 16.2. The Balaban J connectivity index is 1.28. The molecule has 0 unspecified atom stereocenters. The van der Waals surface area contributed by atoms with Gasteiger partial charge in [-0.25, -0.2) is 0 Å². The summed E-state index contributed by atoms with van der Waals surface area (Å²) >= 11 is 0. The molecule has 4 rings (SSSR count). The van der Waals surface area contributed by atoms with Gasteiger partial charge < -0.3 is 24.9 Å². The van der Waals surface area contributed by atoms with E-state index < -0.39 is 11.8 Å². The first-order valence-corrected chi connectivity index (χ1v) is 10.9. The molecule has 0 spiro atoms. The second-order valence-electron chi connectivity index (χ2n) is 8.41. The first-order chi connectivity index (χ1) is 15.0. The summed E-state index contributed by atoms with van der Waals surface area (Å²) in [5, 5.41) is 2.76. The number of nitrogens with zero attached hydrogens (tertiary/aromatic N) is 4. The van der Waals surface area contributed by atoms with E-state index in [-0.39, 0.29) is 0 Å². The van der Waals surface area contributed by atoms with Crippen molar-refractivity contribution in [2.75, 3.05) is 74.5 Å². The Labute approximate surface area is 184 Å². The SMILES string of the molecule is Cc1cccc(N2CCN(C(=O)C(=O)Nc3ccc(N4CCN(C)CC4)cc3)CC2)c1. The number of aryl methyl sites for hydroxylation is 1. The van der Waals surface area contributed by atoms with Crippen molar-refractivity contribution in [2.24, 2.45) is 0 Å². The highest BCUT2D eigenvalue weighted by Crippen LogP contribution is 2.20. The quantitative estimate of drug-likeness (QED) is 0.769. The van der Waals surface area contributed by atoms with Gasteiger partial charge in [-0.2, -0.15) is 0 Å². The third-order valence-corrected chi connectivity index (χ3v) is 6.12. The van der Waals surface area contributed by atoms with Crippen molar-refractivity contribution in [1.29, 1.82) is 0 Å². The first-order valence-electron chi connectivity index (χ1n) is 10.9. The summed E-state index contributed by atoms with van der Waals surface area (Å²) < 4.78 is 0. The number of anilines is 3. The van der Waals surface area contributed by atoms with Gasteiger partial charge in [0.05, 0.1) is 0 Å². The Morgan fingerprint density at radius 2 is 1.39 bits per heavy atom. The standard InChI is InChI=1S/C24H31N5O2/c1-19-4-3-5-22(18-19)28-14-16-29(17-15-28)24(31)23(30)25-20-6-8-21(9-7-20)27-12-10-26(2)11-13-27/h3-9,18H,10-17H2,1-2H3,(H,25,30). The monoisotopic (exact) mass is 421 g/mol. The summed E-state index contributed by atoms with van der Waals surface area (Å²) in [6, 6.07) is 16.1. The average Bonchev–Trinajstić information content (AvgIpc) is 2.80. The largest absolute Gasteiger partial charge is 0.369 e. The number of likely N-dealkylation sites (N-methyl/N-ethyl adjacent to an activating group) is 1. The van der Waals surface area contributed by atoms with Crippen LogP contribution in [0.1, 0.15) is 5.56 Å². The summed E-state index contributed by atoms with van der Waals surface area (Å²) in [5.74, 6) is -1.04. The van der Waals surface area contributed by atoms with Gasteiger partial charge in [0.2, 0.25) is 0 Å². The van der Waals surface area contributed by atoms with Crippen molar-refractivity contribution in [3.05, 3.63) is 54.1 Å². The Kier molecular flexibility index (Phi) is 6.42. The normalized spacial score (nSPS) is 17.5.